The Morgan fingerprint density at radius 2 is 2.12 bits per heavy atom. The quantitative estimate of drug-likeness (QED) is 0.570. The summed E-state index contributed by atoms with van der Waals surface area (Å²) in [5.41, 5.74) is 0. The summed E-state index contributed by atoms with van der Waals surface area (Å²) in [5, 5.41) is 0. The van der Waals surface area contributed by atoms with Gasteiger partial charge in [-0.05, 0) is 0 Å². The smallest absolute Gasteiger partial charge is 0.232 e. The minimum atomic E-state index is 0.0949. The second-order valence-corrected chi connectivity index (χ2v) is 2.44. The lowest BCUT2D eigenvalue weighted by atomic mass is 10.2. The second kappa shape index (κ2) is 3.78. The summed E-state index contributed by atoms with van der Waals surface area (Å²) in [4.78, 5) is 10.6. The molecule has 0 aromatic rings. The van der Waals surface area contributed by atoms with E-state index in [1.807, 2.05) is 20.1 Å². The average Bonchev–Trinajstić information content (AvgIpc) is 1.67. The van der Waals surface area contributed by atoms with E-state index in [-0.39, 0.29) is 11.8 Å². The lowest BCUT2D eigenvalue weighted by molar-refractivity contribution is -0.122. The molecule has 0 saturated heterocycles. The van der Waals surface area contributed by atoms with Crippen LogP contribution in [0, 0.1) is 5.92 Å². The SMILES string of the molecule is CSNC(=O)C(C)C. The molecule has 0 aliphatic carbocycles. The van der Waals surface area contributed by atoms with Gasteiger partial charge in [0.25, 0.3) is 0 Å². The van der Waals surface area contributed by atoms with Gasteiger partial charge in [0.15, 0.2) is 0 Å². The first-order valence-electron chi connectivity index (χ1n) is 2.51. The Morgan fingerprint density at radius 3 is 2.25 bits per heavy atom. The molecule has 0 aliphatic rings. The highest BCUT2D eigenvalue weighted by Gasteiger charge is 2.02. The van der Waals surface area contributed by atoms with Crippen LogP contribution in [0.4, 0.5) is 0 Å². The van der Waals surface area contributed by atoms with E-state index >= 15 is 0 Å². The van der Waals surface area contributed by atoms with Crippen LogP contribution in [0.5, 0.6) is 0 Å². The summed E-state index contributed by atoms with van der Waals surface area (Å²) in [6.07, 6.45) is 1.83. The van der Waals surface area contributed by atoms with Crippen molar-refractivity contribution in [1.82, 2.24) is 4.72 Å². The van der Waals surface area contributed by atoms with E-state index in [9.17, 15) is 4.79 Å². The van der Waals surface area contributed by atoms with Crippen molar-refractivity contribution in [2.45, 2.75) is 13.8 Å². The lowest BCUT2D eigenvalue weighted by Crippen LogP contribution is -2.20. The molecule has 0 aliphatic heterocycles. The standard InChI is InChI=1S/C5H11NOS/c1-4(2)5(7)6-8-3/h4H,1-3H3,(H,6,7). The fraction of sp³-hybridized carbons (Fsp3) is 0.800. The van der Waals surface area contributed by atoms with E-state index in [1.165, 1.54) is 11.9 Å². The fourth-order valence-corrected chi connectivity index (χ4v) is 0.655. The van der Waals surface area contributed by atoms with Gasteiger partial charge in [-0.15, -0.1) is 0 Å². The molecule has 1 N–H and O–H groups in total. The van der Waals surface area contributed by atoms with Gasteiger partial charge in [-0.3, -0.25) is 4.79 Å². The summed E-state index contributed by atoms with van der Waals surface area (Å²) in [5.74, 6) is 0.194. The summed E-state index contributed by atoms with van der Waals surface area (Å²) < 4.78 is 2.62. The number of carbonyl (C=O) groups is 1. The Morgan fingerprint density at radius 1 is 1.62 bits per heavy atom. The summed E-state index contributed by atoms with van der Waals surface area (Å²) in [6, 6.07) is 0. The van der Waals surface area contributed by atoms with Gasteiger partial charge >= 0.3 is 0 Å². The minimum Gasteiger partial charge on any atom is -0.300 e. The predicted molar refractivity (Wildman–Crippen MR) is 36.5 cm³/mol. The molecule has 0 rings (SSSR count). The molecular formula is C5H11NOS. The third kappa shape index (κ3) is 2.91. The number of carbonyl (C=O) groups excluding carboxylic acids is 1. The Kier molecular flexibility index (Phi) is 3.69. The van der Waals surface area contributed by atoms with Crippen molar-refractivity contribution in [3.05, 3.63) is 0 Å². The van der Waals surface area contributed by atoms with Crippen LogP contribution in [0.15, 0.2) is 0 Å². The molecule has 2 nitrogen and oxygen atoms in total. The number of rotatable bonds is 2. The van der Waals surface area contributed by atoms with Crippen molar-refractivity contribution in [1.29, 1.82) is 0 Å². The first kappa shape index (κ1) is 7.82. The number of amides is 1. The molecule has 0 spiro atoms. The molecule has 48 valence electrons. The minimum absolute atomic E-state index is 0.0949. The molecule has 0 bridgehead atoms. The second-order valence-electron chi connectivity index (χ2n) is 1.83. The van der Waals surface area contributed by atoms with Crippen molar-refractivity contribution in [3.8, 4) is 0 Å². The molecular weight excluding hydrogens is 122 g/mol. The normalized spacial score (nSPS) is 9.50. The van der Waals surface area contributed by atoms with Gasteiger partial charge in [-0.2, -0.15) is 0 Å². The maximum atomic E-state index is 10.6. The maximum Gasteiger partial charge on any atom is 0.232 e. The van der Waals surface area contributed by atoms with E-state index in [1.54, 1.807) is 0 Å². The van der Waals surface area contributed by atoms with E-state index in [0.717, 1.165) is 0 Å². The van der Waals surface area contributed by atoms with Gasteiger partial charge in [0.1, 0.15) is 0 Å². The molecule has 3 heteroatoms. The zero-order valence-corrected chi connectivity index (χ0v) is 6.21. The third-order valence-corrected chi connectivity index (χ3v) is 1.13. The van der Waals surface area contributed by atoms with E-state index in [2.05, 4.69) is 4.72 Å². The van der Waals surface area contributed by atoms with Gasteiger partial charge in [0, 0.05) is 12.2 Å². The number of hydrogen-bond donors (Lipinski definition) is 1. The van der Waals surface area contributed by atoms with Crippen LogP contribution in [0.3, 0.4) is 0 Å². The highest BCUT2D eigenvalue weighted by molar-refractivity contribution is 7.97. The highest BCUT2D eigenvalue weighted by Crippen LogP contribution is 1.93. The fourth-order valence-electron chi connectivity index (χ4n) is 0.218. The Balaban J connectivity index is 3.33. The largest absolute Gasteiger partial charge is 0.300 e. The summed E-state index contributed by atoms with van der Waals surface area (Å²) in [6.45, 7) is 3.73. The van der Waals surface area contributed by atoms with Crippen molar-refractivity contribution < 1.29 is 4.79 Å². The van der Waals surface area contributed by atoms with Crippen LogP contribution >= 0.6 is 11.9 Å². The zero-order chi connectivity index (χ0) is 6.57. The van der Waals surface area contributed by atoms with E-state index in [0.29, 0.717) is 0 Å². The van der Waals surface area contributed by atoms with Crippen molar-refractivity contribution in [2.75, 3.05) is 6.26 Å². The van der Waals surface area contributed by atoms with Gasteiger partial charge in [-0.1, -0.05) is 25.8 Å². The van der Waals surface area contributed by atoms with Crippen LogP contribution in [-0.2, 0) is 4.79 Å². The monoisotopic (exact) mass is 133 g/mol. The topological polar surface area (TPSA) is 29.1 Å². The average molecular weight is 133 g/mol. The van der Waals surface area contributed by atoms with E-state index < -0.39 is 0 Å². The zero-order valence-electron chi connectivity index (χ0n) is 5.39. The van der Waals surface area contributed by atoms with Crippen molar-refractivity contribution in [3.63, 3.8) is 0 Å². The van der Waals surface area contributed by atoms with Crippen LogP contribution in [0.2, 0.25) is 0 Å². The van der Waals surface area contributed by atoms with E-state index in [4.69, 9.17) is 0 Å². The lowest BCUT2D eigenvalue weighted by Gasteiger charge is -2.01. The van der Waals surface area contributed by atoms with Crippen LogP contribution < -0.4 is 4.72 Å². The Bertz CT molecular complexity index is 82.5. The van der Waals surface area contributed by atoms with Crippen LogP contribution in [0.25, 0.3) is 0 Å². The molecule has 0 fully saturated rings. The first-order valence-corrected chi connectivity index (χ1v) is 3.73. The molecule has 1 amide bonds. The van der Waals surface area contributed by atoms with Gasteiger partial charge in [0.2, 0.25) is 5.91 Å². The van der Waals surface area contributed by atoms with Crippen LogP contribution in [0.1, 0.15) is 13.8 Å². The molecule has 0 unspecified atom stereocenters. The summed E-state index contributed by atoms with van der Waals surface area (Å²) in [7, 11) is 0. The molecule has 0 aromatic heterocycles. The third-order valence-electron chi connectivity index (χ3n) is 0.727. The maximum absolute atomic E-state index is 10.6. The predicted octanol–water partition coefficient (Wildman–Crippen LogP) is 1.04. The molecule has 0 aromatic carbocycles. The van der Waals surface area contributed by atoms with Gasteiger partial charge < -0.3 is 4.72 Å². The highest BCUT2D eigenvalue weighted by atomic mass is 32.2. The van der Waals surface area contributed by atoms with Crippen molar-refractivity contribution >= 4 is 17.9 Å². The van der Waals surface area contributed by atoms with Gasteiger partial charge in [0.05, 0.1) is 0 Å². The molecule has 0 radical (unpaired) electrons. The Hall–Kier alpha value is -0.180. The molecule has 8 heavy (non-hydrogen) atoms. The number of nitrogens with one attached hydrogen (secondary N) is 1. The van der Waals surface area contributed by atoms with Gasteiger partial charge in [-0.25, -0.2) is 0 Å². The summed E-state index contributed by atoms with van der Waals surface area (Å²) >= 11 is 1.34. The Labute approximate surface area is 54.2 Å². The molecule has 0 heterocycles. The molecule has 0 saturated carbocycles. The first-order chi connectivity index (χ1) is 3.68. The number of hydrogen-bond acceptors (Lipinski definition) is 2. The van der Waals surface area contributed by atoms with Crippen LogP contribution in [-0.4, -0.2) is 12.2 Å². The molecule has 0 atom stereocenters. The van der Waals surface area contributed by atoms with Crippen molar-refractivity contribution in [2.24, 2.45) is 5.92 Å².